The average molecular weight is 278 g/mol. The largest absolute Gasteiger partial charge is 0.493 e. The Hall–Kier alpha value is -2.46. The van der Waals surface area contributed by atoms with Gasteiger partial charge in [-0.15, -0.1) is 0 Å². The predicted octanol–water partition coefficient (Wildman–Crippen LogP) is 2.65. The Labute approximate surface area is 122 Å². The molecule has 0 fully saturated rings. The quantitative estimate of drug-likeness (QED) is 0.783. The summed E-state index contributed by atoms with van der Waals surface area (Å²) in [6.45, 7) is 0.675. The monoisotopic (exact) mass is 278 g/mol. The van der Waals surface area contributed by atoms with Crippen LogP contribution in [0.3, 0.4) is 0 Å². The zero-order valence-corrected chi connectivity index (χ0v) is 11.4. The average Bonchev–Trinajstić information content (AvgIpc) is 3.02. The zero-order chi connectivity index (χ0) is 14.2. The summed E-state index contributed by atoms with van der Waals surface area (Å²) in [5.74, 6) is 0.811. The van der Waals surface area contributed by atoms with Crippen LogP contribution in [-0.2, 0) is 6.42 Å². The molecule has 0 aliphatic carbocycles. The zero-order valence-electron chi connectivity index (χ0n) is 11.4. The van der Waals surface area contributed by atoms with Crippen LogP contribution in [0.15, 0.2) is 48.8 Å². The highest BCUT2D eigenvalue weighted by Gasteiger charge is 2.23. The maximum atomic E-state index is 10.8. The van der Waals surface area contributed by atoms with Gasteiger partial charge in [0.2, 0.25) is 0 Å². The van der Waals surface area contributed by atoms with E-state index in [-0.39, 0.29) is 0 Å². The molecule has 1 aliphatic rings. The lowest BCUT2D eigenvalue weighted by atomic mass is 9.97. The Kier molecular flexibility index (Phi) is 2.82. The van der Waals surface area contributed by atoms with Gasteiger partial charge in [0.15, 0.2) is 0 Å². The fraction of sp³-hybridized carbons (Fsp3) is 0.176. The Balaban J connectivity index is 1.88. The van der Waals surface area contributed by atoms with Gasteiger partial charge in [-0.1, -0.05) is 30.3 Å². The lowest BCUT2D eigenvalue weighted by Crippen LogP contribution is -2.04. The molecule has 4 heteroatoms. The maximum absolute atomic E-state index is 10.8. The number of aliphatic hydroxyl groups excluding tert-OH is 1. The number of aromatic nitrogens is 2. The number of aliphatic hydroxyl groups is 1. The van der Waals surface area contributed by atoms with Gasteiger partial charge in [-0.25, -0.2) is 0 Å². The fourth-order valence-electron chi connectivity index (χ4n) is 2.86. The van der Waals surface area contributed by atoms with Crippen molar-refractivity contribution < 1.29 is 9.84 Å². The summed E-state index contributed by atoms with van der Waals surface area (Å²) in [5, 5.41) is 10.8. The summed E-state index contributed by atoms with van der Waals surface area (Å²) >= 11 is 0. The third-order valence-corrected chi connectivity index (χ3v) is 3.86. The van der Waals surface area contributed by atoms with Crippen molar-refractivity contribution in [3.05, 3.63) is 65.5 Å². The molecule has 0 amide bonds. The minimum Gasteiger partial charge on any atom is -0.493 e. The topological polar surface area (TPSA) is 55.2 Å². The number of hydrogen-bond acceptors (Lipinski definition) is 4. The van der Waals surface area contributed by atoms with Crippen molar-refractivity contribution in [3.8, 4) is 5.75 Å². The predicted molar refractivity (Wildman–Crippen MR) is 79.2 cm³/mol. The molecule has 1 atom stereocenters. The summed E-state index contributed by atoms with van der Waals surface area (Å²) in [5.41, 5.74) is 4.20. The lowest BCUT2D eigenvalue weighted by molar-refractivity contribution is 0.215. The van der Waals surface area contributed by atoms with E-state index in [2.05, 4.69) is 9.97 Å². The molecular formula is C17H14N2O2. The SMILES string of the molecule is OC(c1cccc2c1OCC2)c1cccc2nccnc12. The van der Waals surface area contributed by atoms with Crippen molar-refractivity contribution in [2.75, 3.05) is 6.61 Å². The van der Waals surface area contributed by atoms with Gasteiger partial charge in [0, 0.05) is 29.9 Å². The number of ether oxygens (including phenoxy) is 1. The molecule has 0 saturated carbocycles. The van der Waals surface area contributed by atoms with Crippen LogP contribution >= 0.6 is 0 Å². The van der Waals surface area contributed by atoms with E-state index in [1.807, 2.05) is 36.4 Å². The lowest BCUT2D eigenvalue weighted by Gasteiger charge is -2.16. The molecule has 2 heterocycles. The first kappa shape index (κ1) is 12.3. The van der Waals surface area contributed by atoms with Gasteiger partial charge in [-0.3, -0.25) is 9.97 Å². The third-order valence-electron chi connectivity index (χ3n) is 3.86. The van der Waals surface area contributed by atoms with Crippen molar-refractivity contribution in [2.24, 2.45) is 0 Å². The number of hydrogen-bond donors (Lipinski definition) is 1. The molecule has 0 radical (unpaired) electrons. The molecule has 4 nitrogen and oxygen atoms in total. The Morgan fingerprint density at radius 1 is 1.00 bits per heavy atom. The van der Waals surface area contributed by atoms with Gasteiger partial charge in [-0.2, -0.15) is 0 Å². The van der Waals surface area contributed by atoms with Crippen LogP contribution < -0.4 is 4.74 Å². The number of para-hydroxylation sites is 2. The van der Waals surface area contributed by atoms with Gasteiger partial charge in [0.25, 0.3) is 0 Å². The Morgan fingerprint density at radius 3 is 2.76 bits per heavy atom. The van der Waals surface area contributed by atoms with E-state index in [4.69, 9.17) is 4.74 Å². The van der Waals surface area contributed by atoms with Gasteiger partial charge in [0.1, 0.15) is 11.9 Å². The second-order valence-electron chi connectivity index (χ2n) is 5.11. The molecule has 1 N–H and O–H groups in total. The van der Waals surface area contributed by atoms with E-state index in [1.165, 1.54) is 0 Å². The van der Waals surface area contributed by atoms with E-state index < -0.39 is 6.10 Å². The van der Waals surface area contributed by atoms with Gasteiger partial charge in [-0.05, 0) is 11.6 Å². The number of fused-ring (bicyclic) bond motifs is 2. The summed E-state index contributed by atoms with van der Waals surface area (Å²) in [6.07, 6.45) is 3.43. The number of rotatable bonds is 2. The van der Waals surface area contributed by atoms with Gasteiger partial charge >= 0.3 is 0 Å². The van der Waals surface area contributed by atoms with Crippen LogP contribution in [0.2, 0.25) is 0 Å². The second-order valence-corrected chi connectivity index (χ2v) is 5.11. The van der Waals surface area contributed by atoms with Crippen LogP contribution in [0.4, 0.5) is 0 Å². The smallest absolute Gasteiger partial charge is 0.128 e. The highest BCUT2D eigenvalue weighted by atomic mass is 16.5. The molecular weight excluding hydrogens is 264 g/mol. The molecule has 3 aromatic rings. The summed E-state index contributed by atoms with van der Waals surface area (Å²) in [7, 11) is 0. The fourth-order valence-corrected chi connectivity index (χ4v) is 2.86. The number of nitrogens with zero attached hydrogens (tertiary/aromatic N) is 2. The van der Waals surface area contributed by atoms with Crippen LogP contribution in [0.25, 0.3) is 11.0 Å². The first-order valence-corrected chi connectivity index (χ1v) is 6.97. The standard InChI is InChI=1S/C17H14N2O2/c20-16(13-5-1-3-11-7-10-21-17(11)13)12-4-2-6-14-15(12)19-9-8-18-14/h1-6,8-9,16,20H,7,10H2. The Morgan fingerprint density at radius 2 is 1.81 bits per heavy atom. The Bertz CT molecular complexity index is 811. The summed E-state index contributed by atoms with van der Waals surface area (Å²) in [6, 6.07) is 11.6. The number of benzene rings is 2. The minimum atomic E-state index is -0.765. The summed E-state index contributed by atoms with van der Waals surface area (Å²) in [4.78, 5) is 8.64. The first-order chi connectivity index (χ1) is 10.3. The van der Waals surface area contributed by atoms with Crippen molar-refractivity contribution in [1.29, 1.82) is 0 Å². The highest BCUT2D eigenvalue weighted by molar-refractivity contribution is 5.78. The molecule has 104 valence electrons. The van der Waals surface area contributed by atoms with Crippen LogP contribution in [-0.4, -0.2) is 21.7 Å². The molecule has 0 saturated heterocycles. The van der Waals surface area contributed by atoms with E-state index in [1.54, 1.807) is 12.4 Å². The molecule has 21 heavy (non-hydrogen) atoms. The third kappa shape index (κ3) is 1.96. The van der Waals surface area contributed by atoms with Gasteiger partial charge < -0.3 is 9.84 Å². The van der Waals surface area contributed by atoms with E-state index in [0.29, 0.717) is 6.61 Å². The highest BCUT2D eigenvalue weighted by Crippen LogP contribution is 2.37. The maximum Gasteiger partial charge on any atom is 0.128 e. The van der Waals surface area contributed by atoms with Crippen LogP contribution in [0.1, 0.15) is 22.8 Å². The molecule has 4 rings (SSSR count). The van der Waals surface area contributed by atoms with E-state index in [9.17, 15) is 5.11 Å². The molecule has 0 spiro atoms. The molecule has 1 unspecified atom stereocenters. The van der Waals surface area contributed by atoms with Crippen LogP contribution in [0.5, 0.6) is 5.75 Å². The molecule has 1 aromatic heterocycles. The van der Waals surface area contributed by atoms with Crippen molar-refractivity contribution in [2.45, 2.75) is 12.5 Å². The van der Waals surface area contributed by atoms with E-state index >= 15 is 0 Å². The molecule has 0 bridgehead atoms. The van der Waals surface area contributed by atoms with Crippen molar-refractivity contribution in [1.82, 2.24) is 9.97 Å². The summed E-state index contributed by atoms with van der Waals surface area (Å²) < 4.78 is 5.69. The second kappa shape index (κ2) is 4.82. The minimum absolute atomic E-state index is 0.675. The first-order valence-electron chi connectivity index (χ1n) is 6.97. The normalized spacial score (nSPS) is 14.7. The van der Waals surface area contributed by atoms with Gasteiger partial charge in [0.05, 0.1) is 17.6 Å². The molecule has 1 aliphatic heterocycles. The van der Waals surface area contributed by atoms with E-state index in [0.717, 1.165) is 39.9 Å². The van der Waals surface area contributed by atoms with Crippen molar-refractivity contribution in [3.63, 3.8) is 0 Å². The molecule has 2 aromatic carbocycles. The van der Waals surface area contributed by atoms with Crippen molar-refractivity contribution >= 4 is 11.0 Å². The van der Waals surface area contributed by atoms with Crippen LogP contribution in [0, 0.1) is 0 Å².